The smallest absolute Gasteiger partial charge is 0.216 e. The van der Waals surface area contributed by atoms with Gasteiger partial charge in [0.1, 0.15) is 17.9 Å². The summed E-state index contributed by atoms with van der Waals surface area (Å²) in [6, 6.07) is 13.8. The number of hydrogen-bond acceptors (Lipinski definition) is 4. The minimum Gasteiger partial charge on any atom is -0.304 e. The summed E-state index contributed by atoms with van der Waals surface area (Å²) in [4.78, 5) is 22.9. The third-order valence-corrected chi connectivity index (χ3v) is 4.36. The van der Waals surface area contributed by atoms with E-state index in [2.05, 4.69) is 4.98 Å². The molecule has 0 aliphatic carbocycles. The van der Waals surface area contributed by atoms with Crippen LogP contribution in [0.25, 0.3) is 0 Å². The summed E-state index contributed by atoms with van der Waals surface area (Å²) in [6.07, 6.45) is 5.45. The minimum atomic E-state index is -0.310. The van der Waals surface area contributed by atoms with Gasteiger partial charge in [0.15, 0.2) is 0 Å². The lowest BCUT2D eigenvalue weighted by molar-refractivity contribution is -0.117. The molecule has 0 spiro atoms. The summed E-state index contributed by atoms with van der Waals surface area (Å²) in [5.74, 6) is 0.387. The molecule has 0 radical (unpaired) electrons. The Balaban J connectivity index is 1.93. The first-order chi connectivity index (χ1) is 12.6. The molecule has 0 amide bonds. The number of ketones is 1. The number of aromatic nitrogens is 2. The van der Waals surface area contributed by atoms with E-state index in [9.17, 15) is 9.18 Å². The molecular formula is C20H17FN4O. The van der Waals surface area contributed by atoms with E-state index in [0.717, 1.165) is 16.9 Å². The molecule has 0 bridgehead atoms. The summed E-state index contributed by atoms with van der Waals surface area (Å²) >= 11 is 0. The second kappa shape index (κ2) is 6.55. The highest BCUT2D eigenvalue weighted by molar-refractivity contribution is 6.02. The van der Waals surface area contributed by atoms with Crippen molar-refractivity contribution in [3.8, 4) is 0 Å². The van der Waals surface area contributed by atoms with E-state index in [-0.39, 0.29) is 17.6 Å². The fourth-order valence-electron chi connectivity index (χ4n) is 3.24. The Bertz CT molecular complexity index is 964. The maximum absolute atomic E-state index is 13.5. The number of rotatable bonds is 3. The van der Waals surface area contributed by atoms with Gasteiger partial charge in [0, 0.05) is 30.1 Å². The number of Topliss-reactive ketones (excluding diaryl/α,β-unsaturated/α-hetero) is 1. The summed E-state index contributed by atoms with van der Waals surface area (Å²) in [5.41, 5.74) is 2.55. The van der Waals surface area contributed by atoms with Gasteiger partial charge in [-0.05, 0) is 37.3 Å². The third kappa shape index (κ3) is 2.90. The van der Waals surface area contributed by atoms with Crippen molar-refractivity contribution >= 4 is 23.1 Å². The van der Waals surface area contributed by atoms with Crippen molar-refractivity contribution in [2.75, 3.05) is 4.90 Å². The van der Waals surface area contributed by atoms with Gasteiger partial charge in [-0.3, -0.25) is 9.36 Å². The summed E-state index contributed by atoms with van der Waals surface area (Å²) in [7, 11) is 0. The molecule has 0 N–H and O–H groups in total. The lowest BCUT2D eigenvalue weighted by Crippen LogP contribution is -2.41. The Morgan fingerprint density at radius 3 is 2.62 bits per heavy atom. The Labute approximate surface area is 150 Å². The van der Waals surface area contributed by atoms with E-state index in [1.54, 1.807) is 42.3 Å². The highest BCUT2D eigenvalue weighted by atomic mass is 19.1. The summed E-state index contributed by atoms with van der Waals surface area (Å²) in [5, 5.41) is 0. The zero-order chi connectivity index (χ0) is 18.1. The van der Waals surface area contributed by atoms with Gasteiger partial charge in [-0.15, -0.1) is 0 Å². The van der Waals surface area contributed by atoms with Gasteiger partial charge in [-0.25, -0.2) is 14.4 Å². The van der Waals surface area contributed by atoms with Crippen LogP contribution < -0.4 is 4.90 Å². The van der Waals surface area contributed by atoms with Gasteiger partial charge in [0.2, 0.25) is 5.96 Å². The molecule has 130 valence electrons. The van der Waals surface area contributed by atoms with Crippen molar-refractivity contribution in [2.24, 2.45) is 4.99 Å². The van der Waals surface area contributed by atoms with Gasteiger partial charge < -0.3 is 4.90 Å². The molecular weight excluding hydrogens is 331 g/mol. The number of nitrogens with zero attached hydrogens (tertiary/aromatic N) is 4. The molecule has 6 heteroatoms. The lowest BCUT2D eigenvalue weighted by Gasteiger charge is -2.38. The Morgan fingerprint density at radius 1 is 1.15 bits per heavy atom. The number of para-hydroxylation sites is 1. The normalized spacial score (nSPS) is 16.2. The minimum absolute atomic E-state index is 0.0730. The highest BCUT2D eigenvalue weighted by Gasteiger charge is 2.32. The number of anilines is 1. The molecule has 1 aliphatic heterocycles. The van der Waals surface area contributed by atoms with Gasteiger partial charge in [-0.2, -0.15) is 0 Å². The second-order valence-electron chi connectivity index (χ2n) is 6.21. The number of halogens is 1. The standard InChI is InChI=1S/C20H17FN4O/c1-14(26)12-19-17-4-2-3-5-18(17)23-20(24-11-10-22-13-24)25(19)16-8-6-15(21)7-9-16/h2-11,13,19H,12H2,1H3. The molecule has 26 heavy (non-hydrogen) atoms. The topological polar surface area (TPSA) is 50.5 Å². The largest absolute Gasteiger partial charge is 0.304 e. The third-order valence-electron chi connectivity index (χ3n) is 4.36. The van der Waals surface area contributed by atoms with Crippen LogP contribution in [0.15, 0.2) is 72.2 Å². The van der Waals surface area contributed by atoms with Crippen molar-refractivity contribution in [1.82, 2.24) is 9.55 Å². The molecule has 4 rings (SSSR count). The molecule has 0 saturated heterocycles. The van der Waals surface area contributed by atoms with Gasteiger partial charge in [0.05, 0.1) is 11.7 Å². The van der Waals surface area contributed by atoms with Crippen LogP contribution in [0.3, 0.4) is 0 Å². The van der Waals surface area contributed by atoms with Gasteiger partial charge >= 0.3 is 0 Å². The molecule has 3 aromatic rings. The molecule has 1 atom stereocenters. The Kier molecular flexibility index (Phi) is 4.08. The molecule has 0 fully saturated rings. The average molecular weight is 348 g/mol. The van der Waals surface area contributed by atoms with Gasteiger partial charge in [-0.1, -0.05) is 18.2 Å². The number of benzene rings is 2. The van der Waals surface area contributed by atoms with E-state index in [0.29, 0.717) is 12.4 Å². The maximum atomic E-state index is 13.5. The molecule has 0 saturated carbocycles. The Hall–Kier alpha value is -3.28. The lowest BCUT2D eigenvalue weighted by atomic mass is 9.96. The van der Waals surface area contributed by atoms with Crippen LogP contribution in [0, 0.1) is 5.82 Å². The fourth-order valence-corrected chi connectivity index (χ4v) is 3.24. The van der Waals surface area contributed by atoms with Crippen LogP contribution >= 0.6 is 0 Å². The first-order valence-corrected chi connectivity index (χ1v) is 8.33. The van der Waals surface area contributed by atoms with Crippen LogP contribution in [0.1, 0.15) is 24.9 Å². The maximum Gasteiger partial charge on any atom is 0.216 e. The zero-order valence-electron chi connectivity index (χ0n) is 14.2. The van der Waals surface area contributed by atoms with E-state index >= 15 is 0 Å². The predicted molar refractivity (Wildman–Crippen MR) is 98.1 cm³/mol. The van der Waals surface area contributed by atoms with E-state index in [1.165, 1.54) is 12.1 Å². The molecule has 5 nitrogen and oxygen atoms in total. The average Bonchev–Trinajstić information content (AvgIpc) is 3.16. The highest BCUT2D eigenvalue weighted by Crippen LogP contribution is 2.40. The second-order valence-corrected chi connectivity index (χ2v) is 6.21. The van der Waals surface area contributed by atoms with E-state index in [4.69, 9.17) is 4.99 Å². The van der Waals surface area contributed by atoms with Crippen molar-refractivity contribution in [3.05, 3.63) is 78.6 Å². The van der Waals surface area contributed by atoms with Crippen molar-refractivity contribution < 1.29 is 9.18 Å². The number of carbonyl (C=O) groups is 1. The van der Waals surface area contributed by atoms with Crippen LogP contribution in [0.5, 0.6) is 0 Å². The van der Waals surface area contributed by atoms with E-state index in [1.807, 2.05) is 29.2 Å². The monoisotopic (exact) mass is 348 g/mol. The van der Waals surface area contributed by atoms with Gasteiger partial charge in [0.25, 0.3) is 0 Å². The van der Waals surface area contributed by atoms with Crippen molar-refractivity contribution in [1.29, 1.82) is 0 Å². The molecule has 1 unspecified atom stereocenters. The molecule has 2 heterocycles. The quantitative estimate of drug-likeness (QED) is 0.716. The van der Waals surface area contributed by atoms with E-state index < -0.39 is 0 Å². The SMILES string of the molecule is CC(=O)CC1c2ccccc2N=C(n2ccnc2)N1c1ccc(F)cc1. The summed E-state index contributed by atoms with van der Waals surface area (Å²) in [6.45, 7) is 1.58. The number of hydrogen-bond donors (Lipinski definition) is 0. The molecule has 2 aromatic carbocycles. The molecule has 1 aliphatic rings. The number of carbonyl (C=O) groups excluding carboxylic acids is 1. The fraction of sp³-hybridized carbons (Fsp3) is 0.150. The molecule has 1 aromatic heterocycles. The van der Waals surface area contributed by atoms with Crippen LogP contribution in [-0.4, -0.2) is 21.3 Å². The summed E-state index contributed by atoms with van der Waals surface area (Å²) < 4.78 is 15.3. The number of aliphatic imine (C=N–C) groups is 1. The number of fused-ring (bicyclic) bond motifs is 1. The van der Waals surface area contributed by atoms with Crippen molar-refractivity contribution in [3.63, 3.8) is 0 Å². The predicted octanol–water partition coefficient (Wildman–Crippen LogP) is 4.10. The first kappa shape index (κ1) is 16.2. The van der Waals surface area contributed by atoms with Crippen LogP contribution in [0.2, 0.25) is 0 Å². The zero-order valence-corrected chi connectivity index (χ0v) is 14.2. The first-order valence-electron chi connectivity index (χ1n) is 8.33. The van der Waals surface area contributed by atoms with Crippen molar-refractivity contribution in [2.45, 2.75) is 19.4 Å². The van der Waals surface area contributed by atoms with Crippen LogP contribution in [0.4, 0.5) is 15.8 Å². The Morgan fingerprint density at radius 2 is 1.92 bits per heavy atom. The van der Waals surface area contributed by atoms with Crippen LogP contribution in [-0.2, 0) is 4.79 Å². The number of imidazole rings is 1.